The van der Waals surface area contributed by atoms with Gasteiger partial charge in [0.05, 0.1) is 34.8 Å². The zero-order valence-electron chi connectivity index (χ0n) is 59.9. The van der Waals surface area contributed by atoms with Crippen LogP contribution in [0.25, 0.3) is 0 Å². The maximum atomic E-state index is 13.2. The Morgan fingerprint density at radius 3 is 1.54 bits per heavy atom. The Balaban J connectivity index is 0.000000149. The fraction of sp³-hybridized carbons (Fsp3) is 0.346. The number of rotatable bonds is 11. The van der Waals surface area contributed by atoms with Crippen molar-refractivity contribution >= 4 is 88.5 Å². The van der Waals surface area contributed by atoms with Crippen LogP contribution in [0.4, 0.5) is 29.1 Å². The molecule has 3 saturated heterocycles. The second kappa shape index (κ2) is 32.0. The number of hydrogen-bond acceptors (Lipinski definition) is 21. The molecule has 8 bridgehead atoms. The molecule has 106 heavy (non-hydrogen) atoms. The number of carbonyl (C=O) groups is 3. The molecular formula is C78H88ClN15O9S3. The van der Waals surface area contributed by atoms with E-state index in [2.05, 4.69) is 136 Å². The van der Waals surface area contributed by atoms with E-state index in [-0.39, 0.29) is 71.7 Å². The first-order chi connectivity index (χ1) is 50.6. The third-order valence-electron chi connectivity index (χ3n) is 20.0. The summed E-state index contributed by atoms with van der Waals surface area (Å²) in [4.78, 5) is 68.9. The van der Waals surface area contributed by atoms with Crippen LogP contribution < -0.4 is 45.2 Å². The molecule has 24 nitrogen and oxygen atoms in total. The zero-order chi connectivity index (χ0) is 75.0. The van der Waals surface area contributed by atoms with Crippen molar-refractivity contribution in [2.24, 2.45) is 17.8 Å². The Labute approximate surface area is 625 Å². The summed E-state index contributed by atoms with van der Waals surface area (Å²) >= 11 is 5.93. The fourth-order valence-corrected chi connectivity index (χ4v) is 17.9. The first-order valence-electron chi connectivity index (χ1n) is 35.5. The summed E-state index contributed by atoms with van der Waals surface area (Å²) in [5.41, 5.74) is 3.43. The number of aromatic nitrogens is 6. The predicted molar refractivity (Wildman–Crippen MR) is 410 cm³/mol. The van der Waals surface area contributed by atoms with E-state index in [4.69, 9.17) is 11.6 Å². The molecule has 5 aliphatic heterocycles. The molecule has 6 atom stereocenters. The summed E-state index contributed by atoms with van der Waals surface area (Å²) in [6.45, 7) is 15.5. The minimum Gasteiger partial charge on any atom is -0.363 e. The first kappa shape index (κ1) is 75.7. The Hall–Kier alpha value is -9.93. The first-order valence-corrected chi connectivity index (χ1v) is 40.3. The lowest BCUT2D eigenvalue weighted by Gasteiger charge is -2.33. The second-order valence-electron chi connectivity index (χ2n) is 29.4. The molecule has 3 aromatic carbocycles. The topological polar surface area (TPSA) is 322 Å². The average Bonchev–Trinajstić information content (AvgIpc) is 1.75. The predicted octanol–water partition coefficient (Wildman–Crippen LogP) is 12.9. The smallest absolute Gasteiger partial charge is 0.281 e. The maximum absolute atomic E-state index is 13.2. The van der Waals surface area contributed by atoms with Crippen molar-refractivity contribution in [2.45, 2.75) is 149 Å². The van der Waals surface area contributed by atoms with Gasteiger partial charge < -0.3 is 31.1 Å². The Kier molecular flexibility index (Phi) is 22.9. The molecule has 6 aromatic heterocycles. The van der Waals surface area contributed by atoms with Crippen molar-refractivity contribution < 1.29 is 39.6 Å². The molecule has 28 heteroatoms. The highest BCUT2D eigenvalue weighted by molar-refractivity contribution is 7.90. The number of amides is 3. The van der Waals surface area contributed by atoms with Crippen LogP contribution in [0.15, 0.2) is 216 Å². The number of anilines is 5. The van der Waals surface area contributed by atoms with Crippen LogP contribution >= 0.6 is 11.6 Å². The number of benzene rings is 3. The molecule has 0 aliphatic carbocycles. The Bertz CT molecular complexity index is 4780. The SMILES string of the molecule is CC1(C)C[C@@H]2CCC(c3ccccc3)Nc3cccc(n3)S(=O)(=O)NC(=O)c3cccnc3N1C2.CC1(C)C[C@@H]2CCC(c3ccccc3)Nc3cccc(n3)S(=O)(=O)NC(=O)c3cccnc3N1C2.CC1(C)C[C@H](CCC(Nc2cccc(S(=O)(=O)NC(=O)c3cccnc3Cl)n2)c2ccccc2)CN1. The third-order valence-corrected chi connectivity index (χ3v) is 24.0. The molecule has 14 rings (SSSR count). The van der Waals surface area contributed by atoms with Gasteiger partial charge in [-0.05, 0) is 213 Å². The van der Waals surface area contributed by atoms with Crippen LogP contribution in [0.5, 0.6) is 0 Å². The third kappa shape index (κ3) is 18.5. The van der Waals surface area contributed by atoms with E-state index < -0.39 is 47.8 Å². The Morgan fingerprint density at radius 1 is 0.566 bits per heavy atom. The van der Waals surface area contributed by atoms with Crippen LogP contribution in [-0.2, 0) is 30.1 Å². The summed E-state index contributed by atoms with van der Waals surface area (Å²) in [6.07, 6.45) is 13.2. The largest absolute Gasteiger partial charge is 0.363 e. The van der Waals surface area contributed by atoms with Gasteiger partial charge in [0.2, 0.25) is 0 Å². The van der Waals surface area contributed by atoms with E-state index in [1.807, 2.05) is 71.5 Å². The molecule has 9 aromatic rings. The standard InChI is InChI=1S/C26H30ClN5O3S.2C26H29N5O3S/c1-26(2)16-18(17-29-26)13-14-21(19-8-4-3-5-9-19)30-22-11-6-12-23(31-22)36(34,35)32-25(33)20-10-7-15-28-24(20)27;2*1-26(2)16-18-13-14-21(19-8-4-3-5-9-19)28-22-11-6-12-23(29-22)35(33,34)30-25(32)20-10-7-15-27-24(20)31(26)17-18/h3-12,15,18,21,29H,13-14,16-17H2,1-2H3,(H,30,31)(H,32,33);2*3-12,15,18,21H,13-14,16-17H2,1-2H3,(H,28,29)(H,30,32)/t3*18-,21?/m000/s1. The van der Waals surface area contributed by atoms with Crippen LogP contribution in [0, 0.1) is 17.8 Å². The van der Waals surface area contributed by atoms with Crippen molar-refractivity contribution in [1.82, 2.24) is 49.4 Å². The molecule has 11 heterocycles. The molecular weight excluding hydrogens is 1420 g/mol. The molecule has 3 amide bonds. The van der Waals surface area contributed by atoms with Crippen molar-refractivity contribution in [3.63, 3.8) is 0 Å². The number of nitrogens with zero attached hydrogens (tertiary/aromatic N) is 8. The monoisotopic (exact) mass is 1510 g/mol. The van der Waals surface area contributed by atoms with E-state index in [9.17, 15) is 39.6 Å². The van der Waals surface area contributed by atoms with Gasteiger partial charge in [-0.25, -0.2) is 44.1 Å². The van der Waals surface area contributed by atoms with Gasteiger partial charge in [0.15, 0.2) is 15.1 Å². The maximum Gasteiger partial charge on any atom is 0.281 e. The minimum absolute atomic E-state index is 0.0363. The van der Waals surface area contributed by atoms with Crippen LogP contribution in [0.1, 0.15) is 165 Å². The minimum atomic E-state index is -4.23. The summed E-state index contributed by atoms with van der Waals surface area (Å²) in [5.74, 6) is 1.35. The van der Waals surface area contributed by atoms with E-state index in [1.165, 1.54) is 36.5 Å². The van der Waals surface area contributed by atoms with E-state index >= 15 is 0 Å². The lowest BCUT2D eigenvalue weighted by atomic mass is 9.90. The van der Waals surface area contributed by atoms with Crippen molar-refractivity contribution in [3.8, 4) is 0 Å². The summed E-state index contributed by atoms with van der Waals surface area (Å²) in [5, 5.41) is 13.1. The fourth-order valence-electron chi connectivity index (χ4n) is 14.9. The van der Waals surface area contributed by atoms with Gasteiger partial charge in [0, 0.05) is 48.3 Å². The number of carbonyl (C=O) groups excluding carboxylic acids is 3. The van der Waals surface area contributed by atoms with Crippen molar-refractivity contribution in [3.05, 3.63) is 239 Å². The zero-order valence-corrected chi connectivity index (χ0v) is 63.1. The van der Waals surface area contributed by atoms with Gasteiger partial charge in [-0.1, -0.05) is 121 Å². The quantitative estimate of drug-likeness (QED) is 0.0592. The average molecular weight is 1510 g/mol. The number of fused-ring (bicyclic) bond motifs is 12. The molecule has 554 valence electrons. The molecule has 3 fully saturated rings. The van der Waals surface area contributed by atoms with Crippen LogP contribution in [0.3, 0.4) is 0 Å². The normalized spacial score (nSPS) is 21.4. The van der Waals surface area contributed by atoms with E-state index in [1.54, 1.807) is 73.1 Å². The lowest BCUT2D eigenvalue weighted by molar-refractivity contribution is 0.0972. The number of nitrogens with one attached hydrogen (secondary N) is 7. The molecule has 0 saturated carbocycles. The number of halogens is 1. The van der Waals surface area contributed by atoms with Gasteiger partial charge >= 0.3 is 0 Å². The van der Waals surface area contributed by atoms with Crippen LogP contribution in [-0.4, -0.2) is 109 Å². The highest BCUT2D eigenvalue weighted by atomic mass is 35.5. The van der Waals surface area contributed by atoms with E-state index in [0.717, 1.165) is 94.1 Å². The number of hydrogen-bond donors (Lipinski definition) is 7. The highest BCUT2D eigenvalue weighted by Crippen LogP contribution is 2.43. The molecule has 7 N–H and O–H groups in total. The van der Waals surface area contributed by atoms with Gasteiger partial charge in [-0.2, -0.15) is 25.3 Å². The number of pyridine rings is 6. The van der Waals surface area contributed by atoms with Gasteiger partial charge in [-0.3, -0.25) is 14.4 Å². The molecule has 0 spiro atoms. The summed E-state index contributed by atoms with van der Waals surface area (Å²) < 4.78 is 84.6. The van der Waals surface area contributed by atoms with Gasteiger partial charge in [0.1, 0.15) is 34.2 Å². The Morgan fingerprint density at radius 2 is 1.05 bits per heavy atom. The summed E-state index contributed by atoms with van der Waals surface area (Å²) in [7, 11) is -12.6. The molecule has 0 radical (unpaired) electrons. The summed E-state index contributed by atoms with van der Waals surface area (Å²) in [6, 6.07) is 53.7. The van der Waals surface area contributed by atoms with E-state index in [0.29, 0.717) is 46.8 Å². The molecule has 3 unspecified atom stereocenters. The van der Waals surface area contributed by atoms with Crippen molar-refractivity contribution in [2.75, 3.05) is 45.4 Å². The van der Waals surface area contributed by atoms with Gasteiger partial charge in [-0.15, -0.1) is 0 Å². The van der Waals surface area contributed by atoms with Crippen molar-refractivity contribution in [1.29, 1.82) is 0 Å². The highest BCUT2D eigenvalue weighted by Gasteiger charge is 2.43. The van der Waals surface area contributed by atoms with Crippen LogP contribution in [0.2, 0.25) is 5.15 Å². The number of sulfonamides is 3. The second-order valence-corrected chi connectivity index (χ2v) is 34.6. The molecule has 5 aliphatic rings. The lowest BCUT2D eigenvalue weighted by Crippen LogP contribution is -2.41. The van der Waals surface area contributed by atoms with Gasteiger partial charge in [0.25, 0.3) is 47.8 Å².